The SMILES string of the molecule is Cc1cc(OCc2ccccc2)c(C(=N)N)c(C)n1. The molecule has 4 nitrogen and oxygen atoms in total. The number of aryl methyl sites for hydroxylation is 2. The van der Waals surface area contributed by atoms with Gasteiger partial charge in [0.1, 0.15) is 18.2 Å². The molecule has 0 unspecified atom stereocenters. The number of nitrogens with one attached hydrogen (secondary N) is 1. The third kappa shape index (κ3) is 3.10. The van der Waals surface area contributed by atoms with Gasteiger partial charge in [0, 0.05) is 11.8 Å². The highest BCUT2D eigenvalue weighted by Gasteiger charge is 2.12. The van der Waals surface area contributed by atoms with Gasteiger partial charge in [0.05, 0.1) is 11.3 Å². The van der Waals surface area contributed by atoms with Gasteiger partial charge in [-0.2, -0.15) is 0 Å². The van der Waals surface area contributed by atoms with E-state index in [2.05, 4.69) is 4.98 Å². The van der Waals surface area contributed by atoms with E-state index >= 15 is 0 Å². The minimum atomic E-state index is -0.0203. The Morgan fingerprint density at radius 1 is 1.26 bits per heavy atom. The molecule has 3 N–H and O–H groups in total. The van der Waals surface area contributed by atoms with Gasteiger partial charge in [0.2, 0.25) is 0 Å². The Morgan fingerprint density at radius 2 is 1.95 bits per heavy atom. The van der Waals surface area contributed by atoms with Crippen molar-refractivity contribution in [2.45, 2.75) is 20.5 Å². The maximum atomic E-state index is 7.63. The summed E-state index contributed by atoms with van der Waals surface area (Å²) in [6.07, 6.45) is 0. The Kier molecular flexibility index (Phi) is 3.80. The first-order valence-electron chi connectivity index (χ1n) is 6.07. The smallest absolute Gasteiger partial charge is 0.134 e. The molecular formula is C15H17N3O. The molecule has 2 aromatic rings. The molecule has 1 heterocycles. The van der Waals surface area contributed by atoms with E-state index in [4.69, 9.17) is 15.9 Å². The summed E-state index contributed by atoms with van der Waals surface area (Å²) in [5.41, 5.74) is 8.81. The minimum Gasteiger partial charge on any atom is -0.488 e. The van der Waals surface area contributed by atoms with Crippen LogP contribution < -0.4 is 10.5 Å². The van der Waals surface area contributed by atoms with E-state index < -0.39 is 0 Å². The van der Waals surface area contributed by atoms with E-state index in [1.165, 1.54) is 0 Å². The van der Waals surface area contributed by atoms with E-state index in [1.807, 2.05) is 50.2 Å². The van der Waals surface area contributed by atoms with Crippen molar-refractivity contribution in [1.82, 2.24) is 4.98 Å². The van der Waals surface area contributed by atoms with E-state index in [0.717, 1.165) is 17.0 Å². The fraction of sp³-hybridized carbons (Fsp3) is 0.200. The maximum absolute atomic E-state index is 7.63. The molecule has 0 atom stereocenters. The quantitative estimate of drug-likeness (QED) is 0.651. The minimum absolute atomic E-state index is 0.0203. The number of pyridine rings is 1. The molecule has 0 bridgehead atoms. The number of rotatable bonds is 4. The fourth-order valence-electron chi connectivity index (χ4n) is 1.97. The zero-order valence-corrected chi connectivity index (χ0v) is 11.1. The van der Waals surface area contributed by atoms with Crippen LogP contribution in [0.25, 0.3) is 0 Å². The van der Waals surface area contributed by atoms with Crippen molar-refractivity contribution < 1.29 is 4.74 Å². The molecule has 0 radical (unpaired) electrons. The van der Waals surface area contributed by atoms with E-state index in [9.17, 15) is 0 Å². The molecule has 0 fully saturated rings. The summed E-state index contributed by atoms with van der Waals surface area (Å²) in [6.45, 7) is 4.18. The molecule has 1 aromatic heterocycles. The summed E-state index contributed by atoms with van der Waals surface area (Å²) in [4.78, 5) is 4.31. The molecular weight excluding hydrogens is 238 g/mol. The molecule has 4 heteroatoms. The molecule has 0 aliphatic rings. The number of benzene rings is 1. The molecule has 0 saturated carbocycles. The summed E-state index contributed by atoms with van der Waals surface area (Å²) < 4.78 is 5.79. The van der Waals surface area contributed by atoms with Crippen LogP contribution in [0.1, 0.15) is 22.5 Å². The number of hydrogen-bond acceptors (Lipinski definition) is 3. The second-order valence-corrected chi connectivity index (χ2v) is 4.41. The zero-order chi connectivity index (χ0) is 13.8. The van der Waals surface area contributed by atoms with Crippen molar-refractivity contribution in [1.29, 1.82) is 5.41 Å². The molecule has 1 aromatic carbocycles. The topological polar surface area (TPSA) is 72.0 Å². The highest BCUT2D eigenvalue weighted by atomic mass is 16.5. The number of aromatic nitrogens is 1. The summed E-state index contributed by atoms with van der Waals surface area (Å²) >= 11 is 0. The van der Waals surface area contributed by atoms with Crippen LogP contribution in [0.4, 0.5) is 0 Å². The predicted molar refractivity (Wildman–Crippen MR) is 75.5 cm³/mol. The number of nitrogens with two attached hydrogens (primary N) is 1. The summed E-state index contributed by atoms with van der Waals surface area (Å²) in [5, 5.41) is 7.63. The van der Waals surface area contributed by atoms with Crippen LogP contribution in [0.5, 0.6) is 5.75 Å². The average molecular weight is 255 g/mol. The lowest BCUT2D eigenvalue weighted by Gasteiger charge is -2.13. The van der Waals surface area contributed by atoms with Crippen LogP contribution in [0.2, 0.25) is 0 Å². The van der Waals surface area contributed by atoms with Crippen LogP contribution in [0.15, 0.2) is 36.4 Å². The molecule has 0 aliphatic heterocycles. The summed E-state index contributed by atoms with van der Waals surface area (Å²) in [5.74, 6) is 0.592. The van der Waals surface area contributed by atoms with Gasteiger partial charge >= 0.3 is 0 Å². The molecule has 0 aliphatic carbocycles. The van der Waals surface area contributed by atoms with Crippen molar-refractivity contribution >= 4 is 5.84 Å². The Labute approximate surface area is 112 Å². The van der Waals surface area contributed by atoms with Crippen LogP contribution in [0, 0.1) is 19.3 Å². The standard InChI is InChI=1S/C15H17N3O/c1-10-8-13(14(15(16)17)11(2)18-10)19-9-12-6-4-3-5-7-12/h3-8H,9H2,1-2H3,(H3,16,17). The first kappa shape index (κ1) is 13.1. The first-order chi connectivity index (χ1) is 9.08. The number of nitrogens with zero attached hydrogens (tertiary/aromatic N) is 1. The number of hydrogen-bond donors (Lipinski definition) is 2. The van der Waals surface area contributed by atoms with Crippen LogP contribution in [0.3, 0.4) is 0 Å². The van der Waals surface area contributed by atoms with Crippen molar-refractivity contribution in [3.8, 4) is 5.75 Å². The molecule has 0 amide bonds. The fourth-order valence-corrected chi connectivity index (χ4v) is 1.97. The van der Waals surface area contributed by atoms with Gasteiger partial charge in [0.25, 0.3) is 0 Å². The van der Waals surface area contributed by atoms with E-state index in [0.29, 0.717) is 17.9 Å². The van der Waals surface area contributed by atoms with Crippen molar-refractivity contribution in [2.75, 3.05) is 0 Å². The third-order valence-electron chi connectivity index (χ3n) is 2.80. The van der Waals surface area contributed by atoms with Gasteiger partial charge in [0.15, 0.2) is 0 Å². The van der Waals surface area contributed by atoms with E-state index in [1.54, 1.807) is 0 Å². The van der Waals surface area contributed by atoms with Crippen LogP contribution in [-0.4, -0.2) is 10.8 Å². The van der Waals surface area contributed by atoms with Gasteiger partial charge in [-0.05, 0) is 19.4 Å². The zero-order valence-electron chi connectivity index (χ0n) is 11.1. The van der Waals surface area contributed by atoms with Crippen molar-refractivity contribution in [3.05, 3.63) is 58.9 Å². The highest BCUT2D eigenvalue weighted by Crippen LogP contribution is 2.22. The van der Waals surface area contributed by atoms with E-state index in [-0.39, 0.29) is 5.84 Å². The maximum Gasteiger partial charge on any atom is 0.134 e. The van der Waals surface area contributed by atoms with Gasteiger partial charge in [-0.15, -0.1) is 0 Å². The third-order valence-corrected chi connectivity index (χ3v) is 2.80. The lowest BCUT2D eigenvalue weighted by molar-refractivity contribution is 0.304. The number of amidine groups is 1. The van der Waals surface area contributed by atoms with Crippen molar-refractivity contribution in [3.63, 3.8) is 0 Å². The van der Waals surface area contributed by atoms with Gasteiger partial charge in [-0.3, -0.25) is 10.4 Å². The molecule has 19 heavy (non-hydrogen) atoms. The second-order valence-electron chi connectivity index (χ2n) is 4.41. The Balaban J connectivity index is 2.27. The van der Waals surface area contributed by atoms with Crippen LogP contribution >= 0.6 is 0 Å². The molecule has 2 rings (SSSR count). The number of nitrogen functional groups attached to an aromatic ring is 1. The molecule has 98 valence electrons. The highest BCUT2D eigenvalue weighted by molar-refractivity contribution is 5.98. The average Bonchev–Trinajstić information content (AvgIpc) is 2.36. The predicted octanol–water partition coefficient (Wildman–Crippen LogP) is 2.56. The normalized spacial score (nSPS) is 10.2. The van der Waals surface area contributed by atoms with Gasteiger partial charge in [-0.25, -0.2) is 0 Å². The molecule has 0 spiro atoms. The largest absolute Gasteiger partial charge is 0.488 e. The Bertz CT molecular complexity index is 594. The van der Waals surface area contributed by atoms with Gasteiger partial charge < -0.3 is 10.5 Å². The van der Waals surface area contributed by atoms with Crippen molar-refractivity contribution in [2.24, 2.45) is 5.73 Å². The summed E-state index contributed by atoms with van der Waals surface area (Å²) in [6, 6.07) is 11.7. The lowest BCUT2D eigenvalue weighted by Crippen LogP contribution is -2.16. The Hall–Kier alpha value is -2.36. The monoisotopic (exact) mass is 255 g/mol. The van der Waals surface area contributed by atoms with Gasteiger partial charge in [-0.1, -0.05) is 30.3 Å². The molecule has 0 saturated heterocycles. The first-order valence-corrected chi connectivity index (χ1v) is 6.07. The number of ether oxygens (including phenoxy) is 1. The summed E-state index contributed by atoms with van der Waals surface area (Å²) in [7, 11) is 0. The van der Waals surface area contributed by atoms with Crippen LogP contribution in [-0.2, 0) is 6.61 Å². The Morgan fingerprint density at radius 3 is 2.58 bits per heavy atom. The second kappa shape index (κ2) is 5.52. The lowest BCUT2D eigenvalue weighted by atomic mass is 10.1.